The first-order chi connectivity index (χ1) is 11.2. The number of rotatable bonds is 10. The molecule has 0 aromatic heterocycles. The van der Waals surface area contributed by atoms with Crippen LogP contribution >= 0.6 is 0 Å². The van der Waals surface area contributed by atoms with Crippen molar-refractivity contribution in [2.75, 3.05) is 0 Å². The van der Waals surface area contributed by atoms with Crippen LogP contribution in [0, 0.1) is 0 Å². The second kappa shape index (κ2) is 12.9. The number of unbranched alkanes of at least 4 members (excludes halogenated alkanes) is 3. The lowest BCUT2D eigenvalue weighted by Crippen LogP contribution is -2.21. The van der Waals surface area contributed by atoms with E-state index in [0.717, 1.165) is 19.3 Å². The summed E-state index contributed by atoms with van der Waals surface area (Å²) >= 11 is 0. The zero-order chi connectivity index (χ0) is 16.8. The van der Waals surface area contributed by atoms with Crippen LogP contribution in [0.4, 0.5) is 0 Å². The van der Waals surface area contributed by atoms with Crippen LogP contribution in [0.5, 0.6) is 0 Å². The zero-order valence-corrected chi connectivity index (χ0v) is 14.2. The minimum atomic E-state index is -0.439. The molecule has 1 saturated heterocycles. The number of hydrogen-bond acceptors (Lipinski definition) is 3. The molecule has 0 aromatic carbocycles. The number of ether oxygens (including phenoxy) is 1. The molecule has 1 N–H and O–H groups in total. The van der Waals surface area contributed by atoms with Crippen molar-refractivity contribution in [3.63, 3.8) is 0 Å². The van der Waals surface area contributed by atoms with E-state index in [-0.39, 0.29) is 12.1 Å². The van der Waals surface area contributed by atoms with Crippen LogP contribution in [0.15, 0.2) is 48.6 Å². The SMILES string of the molecule is CCCCC/C=C\C[C@@H](O)/C=C/C=C/C=C/[C@@H]1CCCC(=O)O1. The molecule has 1 rings (SSSR count). The molecule has 0 unspecified atom stereocenters. The second-order valence-electron chi connectivity index (χ2n) is 5.85. The number of hydrogen-bond donors (Lipinski definition) is 1. The summed E-state index contributed by atoms with van der Waals surface area (Å²) in [5, 5.41) is 9.79. The van der Waals surface area contributed by atoms with Crippen LogP contribution in [0.2, 0.25) is 0 Å². The molecular formula is C20H30O3. The highest BCUT2D eigenvalue weighted by Gasteiger charge is 2.16. The molecule has 3 nitrogen and oxygen atoms in total. The van der Waals surface area contributed by atoms with E-state index in [0.29, 0.717) is 12.8 Å². The molecule has 128 valence electrons. The van der Waals surface area contributed by atoms with E-state index in [2.05, 4.69) is 13.0 Å². The van der Waals surface area contributed by atoms with Gasteiger partial charge in [-0.25, -0.2) is 0 Å². The van der Waals surface area contributed by atoms with Crippen molar-refractivity contribution in [3.8, 4) is 0 Å². The van der Waals surface area contributed by atoms with Crippen molar-refractivity contribution < 1.29 is 14.6 Å². The molecule has 0 radical (unpaired) electrons. The maximum Gasteiger partial charge on any atom is 0.306 e. The standard InChI is InChI=1S/C20H30O3/c1-2-3-4-5-6-9-13-18(21)14-10-7-8-11-15-19-16-12-17-20(22)23-19/h6-11,14-15,18-19,21H,2-5,12-13,16-17H2,1H3/b8-7+,9-6-,14-10+,15-11+/t18-,19-/m1/s1. The van der Waals surface area contributed by atoms with Gasteiger partial charge in [0.1, 0.15) is 6.10 Å². The van der Waals surface area contributed by atoms with E-state index in [1.54, 1.807) is 6.08 Å². The number of aliphatic hydroxyl groups is 1. The highest BCUT2D eigenvalue weighted by molar-refractivity contribution is 5.70. The summed E-state index contributed by atoms with van der Waals surface area (Å²) in [5.74, 6) is -0.111. The Balaban J connectivity index is 2.14. The number of allylic oxidation sites excluding steroid dienone is 5. The Morgan fingerprint density at radius 2 is 2.04 bits per heavy atom. The third kappa shape index (κ3) is 10.7. The van der Waals surface area contributed by atoms with Gasteiger partial charge in [0.25, 0.3) is 0 Å². The van der Waals surface area contributed by atoms with Crippen LogP contribution < -0.4 is 0 Å². The van der Waals surface area contributed by atoms with E-state index in [1.165, 1.54) is 19.3 Å². The molecule has 0 bridgehead atoms. The summed E-state index contributed by atoms with van der Waals surface area (Å²) in [4.78, 5) is 11.1. The van der Waals surface area contributed by atoms with Crippen LogP contribution in [-0.2, 0) is 9.53 Å². The number of aliphatic hydroxyl groups excluding tert-OH is 1. The molecule has 1 heterocycles. The lowest BCUT2D eigenvalue weighted by atomic mass is 10.1. The first-order valence-electron chi connectivity index (χ1n) is 8.76. The molecule has 1 aliphatic heterocycles. The second-order valence-corrected chi connectivity index (χ2v) is 5.85. The molecule has 0 aliphatic carbocycles. The topological polar surface area (TPSA) is 46.5 Å². The summed E-state index contributed by atoms with van der Waals surface area (Å²) in [6.07, 6.45) is 22.6. The molecule has 0 spiro atoms. The van der Waals surface area contributed by atoms with Crippen molar-refractivity contribution in [2.24, 2.45) is 0 Å². The Labute approximate surface area is 140 Å². The molecular weight excluding hydrogens is 288 g/mol. The fourth-order valence-electron chi connectivity index (χ4n) is 2.32. The number of cyclic esters (lactones) is 1. The average Bonchev–Trinajstić information content (AvgIpc) is 2.54. The van der Waals surface area contributed by atoms with E-state index < -0.39 is 6.10 Å². The van der Waals surface area contributed by atoms with Crippen molar-refractivity contribution in [1.29, 1.82) is 0 Å². The van der Waals surface area contributed by atoms with E-state index in [1.807, 2.05) is 36.5 Å². The smallest absolute Gasteiger partial charge is 0.306 e. The summed E-state index contributed by atoms with van der Waals surface area (Å²) in [6, 6.07) is 0. The Bertz CT molecular complexity index is 432. The van der Waals surface area contributed by atoms with Gasteiger partial charge in [-0.05, 0) is 38.2 Å². The Hall–Kier alpha value is -1.61. The van der Waals surface area contributed by atoms with Crippen LogP contribution in [0.3, 0.4) is 0 Å². The van der Waals surface area contributed by atoms with Gasteiger partial charge in [0, 0.05) is 6.42 Å². The average molecular weight is 318 g/mol. The first-order valence-corrected chi connectivity index (χ1v) is 8.76. The van der Waals surface area contributed by atoms with Crippen LogP contribution in [0.25, 0.3) is 0 Å². The summed E-state index contributed by atoms with van der Waals surface area (Å²) in [7, 11) is 0. The minimum Gasteiger partial charge on any atom is -0.458 e. The van der Waals surface area contributed by atoms with Crippen LogP contribution in [0.1, 0.15) is 58.3 Å². The first kappa shape index (κ1) is 19.4. The van der Waals surface area contributed by atoms with Gasteiger partial charge >= 0.3 is 5.97 Å². The van der Waals surface area contributed by atoms with E-state index in [9.17, 15) is 9.90 Å². The van der Waals surface area contributed by atoms with Gasteiger partial charge in [0.15, 0.2) is 0 Å². The molecule has 23 heavy (non-hydrogen) atoms. The lowest BCUT2D eigenvalue weighted by molar-refractivity contribution is -0.150. The highest BCUT2D eigenvalue weighted by Crippen LogP contribution is 2.14. The third-order valence-electron chi connectivity index (χ3n) is 3.66. The maximum absolute atomic E-state index is 11.1. The monoisotopic (exact) mass is 318 g/mol. The summed E-state index contributed by atoms with van der Waals surface area (Å²) in [6.45, 7) is 2.20. The van der Waals surface area contributed by atoms with Gasteiger partial charge in [0.2, 0.25) is 0 Å². The van der Waals surface area contributed by atoms with Gasteiger partial charge in [0.05, 0.1) is 6.10 Å². The fraction of sp³-hybridized carbons (Fsp3) is 0.550. The Morgan fingerprint density at radius 3 is 2.83 bits per heavy atom. The van der Waals surface area contributed by atoms with Gasteiger partial charge in [-0.2, -0.15) is 0 Å². The predicted molar refractivity (Wildman–Crippen MR) is 95.1 cm³/mol. The summed E-state index contributed by atoms with van der Waals surface area (Å²) < 4.78 is 5.19. The quantitative estimate of drug-likeness (QED) is 0.276. The predicted octanol–water partition coefficient (Wildman–Crippen LogP) is 4.64. The third-order valence-corrected chi connectivity index (χ3v) is 3.66. The van der Waals surface area contributed by atoms with Crippen molar-refractivity contribution >= 4 is 5.97 Å². The number of esters is 1. The largest absolute Gasteiger partial charge is 0.458 e. The minimum absolute atomic E-state index is 0.0895. The van der Waals surface area contributed by atoms with Crippen molar-refractivity contribution in [3.05, 3.63) is 48.6 Å². The zero-order valence-electron chi connectivity index (χ0n) is 14.2. The Morgan fingerprint density at radius 1 is 1.22 bits per heavy atom. The molecule has 0 saturated carbocycles. The molecule has 1 aliphatic rings. The maximum atomic E-state index is 11.1. The van der Waals surface area contributed by atoms with E-state index in [4.69, 9.17) is 4.74 Å². The number of carbonyl (C=O) groups is 1. The van der Waals surface area contributed by atoms with Gasteiger partial charge in [-0.15, -0.1) is 0 Å². The van der Waals surface area contributed by atoms with Gasteiger partial charge < -0.3 is 9.84 Å². The van der Waals surface area contributed by atoms with Crippen molar-refractivity contribution in [2.45, 2.75) is 70.5 Å². The fourth-order valence-corrected chi connectivity index (χ4v) is 2.32. The highest BCUT2D eigenvalue weighted by atomic mass is 16.5. The molecule has 3 heteroatoms. The van der Waals surface area contributed by atoms with E-state index >= 15 is 0 Å². The number of carbonyl (C=O) groups excluding carboxylic acids is 1. The van der Waals surface area contributed by atoms with Crippen LogP contribution in [-0.4, -0.2) is 23.3 Å². The lowest BCUT2D eigenvalue weighted by Gasteiger charge is -2.18. The Kier molecular flexibility index (Phi) is 10.9. The van der Waals surface area contributed by atoms with Gasteiger partial charge in [-0.1, -0.05) is 62.3 Å². The van der Waals surface area contributed by atoms with Crippen molar-refractivity contribution in [1.82, 2.24) is 0 Å². The molecule has 2 atom stereocenters. The molecule has 0 amide bonds. The van der Waals surface area contributed by atoms with Gasteiger partial charge in [-0.3, -0.25) is 4.79 Å². The molecule has 1 fully saturated rings. The molecule has 0 aromatic rings. The summed E-state index contributed by atoms with van der Waals surface area (Å²) in [5.41, 5.74) is 0. The normalized spacial score (nSPS) is 21.0.